The molecule has 0 amide bonds. The van der Waals surface area contributed by atoms with Crippen molar-refractivity contribution >= 4 is 11.9 Å². The summed E-state index contributed by atoms with van der Waals surface area (Å²) in [6.07, 6.45) is 2.05. The summed E-state index contributed by atoms with van der Waals surface area (Å²) in [5.41, 5.74) is -0.0345. The van der Waals surface area contributed by atoms with E-state index in [1.54, 1.807) is 11.9 Å². The van der Waals surface area contributed by atoms with Crippen LogP contribution in [0.15, 0.2) is 0 Å². The third-order valence-electron chi connectivity index (χ3n) is 1.77. The molecule has 0 bridgehead atoms. The zero-order chi connectivity index (χ0) is 10.5. The van der Waals surface area contributed by atoms with Crippen LogP contribution in [0.2, 0.25) is 0 Å². The monoisotopic (exact) mass is 205 g/mol. The predicted octanol–water partition coefficient (Wildman–Crippen LogP) is 2.69. The van der Waals surface area contributed by atoms with Gasteiger partial charge < -0.3 is 4.74 Å². The van der Waals surface area contributed by atoms with Crippen molar-refractivity contribution < 1.29 is 4.74 Å². The molecular weight excluding hydrogens is 182 g/mol. The quantitative estimate of drug-likeness (QED) is 0.697. The van der Waals surface area contributed by atoms with Crippen molar-refractivity contribution in [3.63, 3.8) is 0 Å². The Bertz CT molecular complexity index is 131. The molecule has 0 aliphatic rings. The van der Waals surface area contributed by atoms with Crippen LogP contribution in [0.1, 0.15) is 34.6 Å². The van der Waals surface area contributed by atoms with Crippen LogP contribution in [0.4, 0.5) is 0 Å². The molecule has 13 heavy (non-hydrogen) atoms. The van der Waals surface area contributed by atoms with E-state index in [1.807, 2.05) is 6.26 Å². The van der Waals surface area contributed by atoms with Crippen LogP contribution < -0.4 is 4.72 Å². The lowest BCUT2D eigenvalue weighted by molar-refractivity contribution is -0.0166. The first-order valence-electron chi connectivity index (χ1n) is 4.79. The molecule has 0 spiro atoms. The first-order chi connectivity index (χ1) is 5.87. The van der Waals surface area contributed by atoms with Crippen molar-refractivity contribution in [3.05, 3.63) is 0 Å². The van der Waals surface area contributed by atoms with E-state index in [9.17, 15) is 0 Å². The minimum absolute atomic E-state index is 0.0345. The summed E-state index contributed by atoms with van der Waals surface area (Å²) in [5.74, 6) is 0.606. The van der Waals surface area contributed by atoms with Crippen molar-refractivity contribution in [3.8, 4) is 0 Å². The van der Waals surface area contributed by atoms with Crippen LogP contribution in [0.25, 0.3) is 0 Å². The lowest BCUT2D eigenvalue weighted by atomic mass is 10.1. The van der Waals surface area contributed by atoms with E-state index >= 15 is 0 Å². The number of hydrogen-bond donors (Lipinski definition) is 1. The van der Waals surface area contributed by atoms with Crippen molar-refractivity contribution in [2.75, 3.05) is 12.9 Å². The van der Waals surface area contributed by atoms with Gasteiger partial charge in [0.2, 0.25) is 0 Å². The average molecular weight is 205 g/mol. The molecule has 80 valence electrons. The van der Waals surface area contributed by atoms with Gasteiger partial charge in [-0.25, -0.2) is 0 Å². The Labute approximate surface area is 86.9 Å². The van der Waals surface area contributed by atoms with Crippen molar-refractivity contribution in [1.82, 2.24) is 4.72 Å². The molecule has 2 nitrogen and oxygen atoms in total. The van der Waals surface area contributed by atoms with Crippen molar-refractivity contribution in [1.29, 1.82) is 0 Å². The molecule has 0 saturated carbocycles. The lowest BCUT2D eigenvalue weighted by Crippen LogP contribution is -2.36. The second-order valence-electron chi connectivity index (χ2n) is 4.60. The summed E-state index contributed by atoms with van der Waals surface area (Å²) in [6, 6.07) is 0.439. The largest absolute Gasteiger partial charge is 0.374 e. The molecule has 0 aromatic heterocycles. The fraction of sp³-hybridized carbons (Fsp3) is 1.00. The molecule has 1 unspecified atom stereocenters. The maximum atomic E-state index is 5.73. The van der Waals surface area contributed by atoms with Gasteiger partial charge in [0.1, 0.15) is 0 Å². The van der Waals surface area contributed by atoms with E-state index in [0.29, 0.717) is 12.0 Å². The van der Waals surface area contributed by atoms with Gasteiger partial charge >= 0.3 is 0 Å². The summed E-state index contributed by atoms with van der Waals surface area (Å²) in [4.78, 5) is 0. The molecule has 3 heteroatoms. The summed E-state index contributed by atoms with van der Waals surface area (Å²) in [5, 5.41) is 0. The zero-order valence-electron chi connectivity index (χ0n) is 9.68. The molecule has 0 aliphatic carbocycles. The van der Waals surface area contributed by atoms with E-state index in [-0.39, 0.29) is 5.60 Å². The number of nitrogens with one attached hydrogen (secondary N) is 1. The van der Waals surface area contributed by atoms with Crippen LogP contribution in [0.3, 0.4) is 0 Å². The van der Waals surface area contributed by atoms with Gasteiger partial charge in [-0.1, -0.05) is 25.8 Å². The van der Waals surface area contributed by atoms with Gasteiger partial charge in [-0.05, 0) is 32.9 Å². The molecule has 0 heterocycles. The van der Waals surface area contributed by atoms with Crippen LogP contribution in [0.5, 0.6) is 0 Å². The highest BCUT2D eigenvalue weighted by Gasteiger charge is 2.17. The van der Waals surface area contributed by atoms with Gasteiger partial charge in [0.05, 0.1) is 12.2 Å². The molecule has 0 aromatic carbocycles. The van der Waals surface area contributed by atoms with Crippen LogP contribution in [-0.4, -0.2) is 24.5 Å². The Morgan fingerprint density at radius 2 is 1.85 bits per heavy atom. The minimum Gasteiger partial charge on any atom is -0.374 e. The highest BCUT2D eigenvalue weighted by molar-refractivity contribution is 7.96. The second-order valence-corrected chi connectivity index (χ2v) is 5.24. The molecule has 0 radical (unpaired) electrons. The molecule has 0 rings (SSSR count). The maximum Gasteiger partial charge on any atom is 0.0638 e. The third kappa shape index (κ3) is 7.35. The van der Waals surface area contributed by atoms with E-state index in [2.05, 4.69) is 39.3 Å². The Morgan fingerprint density at radius 1 is 1.31 bits per heavy atom. The van der Waals surface area contributed by atoms with Crippen LogP contribution >= 0.6 is 11.9 Å². The van der Waals surface area contributed by atoms with E-state index < -0.39 is 0 Å². The first kappa shape index (κ1) is 13.3. The number of ether oxygens (including phenoxy) is 1. The summed E-state index contributed by atoms with van der Waals surface area (Å²) in [7, 11) is 0. The van der Waals surface area contributed by atoms with Gasteiger partial charge in [-0.2, -0.15) is 0 Å². The Kier molecular flexibility index (Phi) is 6.01. The standard InChI is InChI=1S/C10H23NOS/c1-8(2)9(11-13-6)7-12-10(3,4)5/h8-9,11H,7H2,1-6H3. The second kappa shape index (κ2) is 5.89. The normalized spacial score (nSPS) is 15.0. The predicted molar refractivity (Wildman–Crippen MR) is 61.0 cm³/mol. The van der Waals surface area contributed by atoms with E-state index in [4.69, 9.17) is 4.74 Å². The van der Waals surface area contributed by atoms with Gasteiger partial charge in [-0.3, -0.25) is 4.72 Å². The maximum absolute atomic E-state index is 5.73. The van der Waals surface area contributed by atoms with Gasteiger partial charge in [-0.15, -0.1) is 0 Å². The van der Waals surface area contributed by atoms with Crippen LogP contribution in [0, 0.1) is 5.92 Å². The zero-order valence-corrected chi connectivity index (χ0v) is 10.5. The Morgan fingerprint density at radius 3 is 2.15 bits per heavy atom. The fourth-order valence-corrected chi connectivity index (χ4v) is 1.50. The molecule has 0 aliphatic heterocycles. The van der Waals surface area contributed by atoms with Gasteiger partial charge in [0.15, 0.2) is 0 Å². The van der Waals surface area contributed by atoms with E-state index in [1.165, 1.54) is 0 Å². The first-order valence-corrected chi connectivity index (χ1v) is 6.01. The Balaban J connectivity index is 3.82. The molecule has 0 aromatic rings. The van der Waals surface area contributed by atoms with Crippen molar-refractivity contribution in [2.45, 2.75) is 46.3 Å². The molecule has 0 saturated heterocycles. The van der Waals surface area contributed by atoms with Gasteiger partial charge in [0, 0.05) is 6.04 Å². The molecular formula is C10H23NOS. The number of hydrogen-bond acceptors (Lipinski definition) is 3. The van der Waals surface area contributed by atoms with E-state index in [0.717, 1.165) is 6.61 Å². The summed E-state index contributed by atoms with van der Waals surface area (Å²) in [6.45, 7) is 11.5. The highest BCUT2D eigenvalue weighted by atomic mass is 32.2. The minimum atomic E-state index is -0.0345. The smallest absolute Gasteiger partial charge is 0.0638 e. The fourth-order valence-electron chi connectivity index (χ4n) is 0.854. The molecule has 1 atom stereocenters. The summed E-state index contributed by atoms with van der Waals surface area (Å²) < 4.78 is 9.08. The van der Waals surface area contributed by atoms with Crippen LogP contribution in [-0.2, 0) is 4.74 Å². The molecule has 0 fully saturated rings. The topological polar surface area (TPSA) is 21.3 Å². The highest BCUT2D eigenvalue weighted by Crippen LogP contribution is 2.11. The lowest BCUT2D eigenvalue weighted by Gasteiger charge is -2.26. The molecule has 1 N–H and O–H groups in total. The van der Waals surface area contributed by atoms with Crippen molar-refractivity contribution in [2.24, 2.45) is 5.92 Å². The average Bonchev–Trinajstić information content (AvgIpc) is 1.95. The summed E-state index contributed by atoms with van der Waals surface area (Å²) >= 11 is 1.66. The third-order valence-corrected chi connectivity index (χ3v) is 2.31. The van der Waals surface area contributed by atoms with Gasteiger partial charge in [0.25, 0.3) is 0 Å². The SMILES string of the molecule is CSNC(COC(C)(C)C)C(C)C. The number of rotatable bonds is 5. The Hall–Kier alpha value is 0.270.